The Balaban J connectivity index is 0.000000191. The summed E-state index contributed by atoms with van der Waals surface area (Å²) in [5.74, 6) is -0.464. The van der Waals surface area contributed by atoms with E-state index in [1.54, 1.807) is 24.5 Å². The maximum Gasteiger partial charge on any atom is 0.250 e. The summed E-state index contributed by atoms with van der Waals surface area (Å²) in [4.78, 5) is 18.1. The molecule has 0 aliphatic rings. The third-order valence-electron chi connectivity index (χ3n) is 1.82. The lowest BCUT2D eigenvalue weighted by molar-refractivity contribution is 0.1000. The summed E-state index contributed by atoms with van der Waals surface area (Å²) in [6, 6.07) is 5.31. The summed E-state index contributed by atoms with van der Waals surface area (Å²) in [7, 11) is 0. The molecule has 2 N–H and O–H groups in total. The minimum Gasteiger partial charge on any atom is -0.366 e. The van der Waals surface area contributed by atoms with Gasteiger partial charge in [0.15, 0.2) is 0 Å². The predicted molar refractivity (Wildman–Crippen MR) is 77.1 cm³/mol. The van der Waals surface area contributed by atoms with Crippen LogP contribution in [0, 0.1) is 11.3 Å². The zero-order chi connectivity index (χ0) is 14.3. The Morgan fingerprint density at radius 3 is 2.05 bits per heavy atom. The molecule has 96 valence electrons. The minimum atomic E-state index is -0.464. The monoisotopic (exact) mass is 382 g/mol. The van der Waals surface area contributed by atoms with Crippen molar-refractivity contribution in [3.05, 3.63) is 57.0 Å². The van der Waals surface area contributed by atoms with Crippen LogP contribution in [0.5, 0.6) is 0 Å². The Hall–Kier alpha value is -1.78. The van der Waals surface area contributed by atoms with Crippen molar-refractivity contribution in [2.24, 2.45) is 5.73 Å². The fourth-order valence-electron chi connectivity index (χ4n) is 1.02. The normalized spacial score (nSPS) is 8.89. The van der Waals surface area contributed by atoms with Gasteiger partial charge in [-0.25, -0.2) is 0 Å². The van der Waals surface area contributed by atoms with Crippen molar-refractivity contribution in [1.82, 2.24) is 9.97 Å². The van der Waals surface area contributed by atoms with E-state index in [1.165, 1.54) is 12.4 Å². The lowest BCUT2D eigenvalue weighted by Crippen LogP contribution is -2.10. The van der Waals surface area contributed by atoms with Crippen LogP contribution in [0.2, 0.25) is 0 Å². The first kappa shape index (κ1) is 15.3. The minimum absolute atomic E-state index is 0.411. The van der Waals surface area contributed by atoms with E-state index in [-0.39, 0.29) is 0 Å². The quantitative estimate of drug-likeness (QED) is 0.819. The highest BCUT2D eigenvalue weighted by Gasteiger charge is 1.98. The molecule has 0 spiro atoms. The van der Waals surface area contributed by atoms with E-state index < -0.39 is 5.91 Å². The Kier molecular flexibility index (Phi) is 6.12. The van der Waals surface area contributed by atoms with E-state index in [0.29, 0.717) is 11.1 Å². The number of carbonyl (C=O) groups excluding carboxylic acids is 1. The number of nitrogens with zero attached hydrogens (tertiary/aromatic N) is 3. The van der Waals surface area contributed by atoms with Gasteiger partial charge in [-0.15, -0.1) is 0 Å². The predicted octanol–water partition coefficient (Wildman–Crippen LogP) is 2.66. The highest BCUT2D eigenvalue weighted by atomic mass is 79.9. The van der Waals surface area contributed by atoms with Crippen LogP contribution in [0.4, 0.5) is 0 Å². The van der Waals surface area contributed by atoms with Crippen LogP contribution >= 0.6 is 31.9 Å². The Morgan fingerprint density at radius 2 is 1.68 bits per heavy atom. The number of primary amides is 1. The van der Waals surface area contributed by atoms with Crippen molar-refractivity contribution >= 4 is 37.8 Å². The maximum absolute atomic E-state index is 10.5. The molecule has 0 bridgehead atoms. The van der Waals surface area contributed by atoms with Crippen LogP contribution in [-0.2, 0) is 0 Å². The molecule has 0 aromatic carbocycles. The van der Waals surface area contributed by atoms with Gasteiger partial charge in [0.05, 0.1) is 11.1 Å². The van der Waals surface area contributed by atoms with Gasteiger partial charge in [0.25, 0.3) is 0 Å². The lowest BCUT2D eigenvalue weighted by Gasteiger charge is -1.92. The second-order valence-corrected chi connectivity index (χ2v) is 5.09. The molecule has 0 saturated carbocycles. The zero-order valence-corrected chi connectivity index (χ0v) is 12.7. The Morgan fingerprint density at radius 1 is 1.11 bits per heavy atom. The van der Waals surface area contributed by atoms with Crippen LogP contribution in [0.15, 0.2) is 45.9 Å². The van der Waals surface area contributed by atoms with E-state index in [1.807, 2.05) is 6.07 Å². The summed E-state index contributed by atoms with van der Waals surface area (Å²) in [6.07, 6.45) is 6.17. The lowest BCUT2D eigenvalue weighted by atomic mass is 10.3. The molecule has 2 aromatic heterocycles. The smallest absolute Gasteiger partial charge is 0.250 e. The number of rotatable bonds is 1. The molecule has 19 heavy (non-hydrogen) atoms. The second-order valence-electron chi connectivity index (χ2n) is 3.26. The van der Waals surface area contributed by atoms with Gasteiger partial charge in [-0.3, -0.25) is 14.8 Å². The van der Waals surface area contributed by atoms with Crippen molar-refractivity contribution in [2.45, 2.75) is 0 Å². The molecule has 0 aliphatic carbocycles. The van der Waals surface area contributed by atoms with E-state index in [0.717, 1.165) is 8.95 Å². The molecule has 7 heteroatoms. The van der Waals surface area contributed by atoms with E-state index in [4.69, 9.17) is 11.0 Å². The van der Waals surface area contributed by atoms with Crippen LogP contribution in [0.1, 0.15) is 15.9 Å². The van der Waals surface area contributed by atoms with Gasteiger partial charge < -0.3 is 5.73 Å². The van der Waals surface area contributed by atoms with Crippen LogP contribution in [0.3, 0.4) is 0 Å². The Labute approximate surface area is 126 Å². The molecular formula is C12H8Br2N4O. The number of halogens is 2. The molecule has 2 aromatic rings. The molecule has 2 rings (SSSR count). The molecule has 5 nitrogen and oxygen atoms in total. The molecule has 0 unspecified atom stereocenters. The standard InChI is InChI=1S/C6H5BrN2O.C6H3BrN2/c7-5-1-4(6(8)10)2-9-3-5;7-6-1-5(2-8)3-9-4-6/h1-3H,(H2,8,10);1,3-4H. The van der Waals surface area contributed by atoms with Gasteiger partial charge in [-0.05, 0) is 44.0 Å². The van der Waals surface area contributed by atoms with Crippen molar-refractivity contribution in [3.63, 3.8) is 0 Å². The third kappa shape index (κ3) is 5.59. The highest BCUT2D eigenvalue weighted by molar-refractivity contribution is 9.10. The summed E-state index contributed by atoms with van der Waals surface area (Å²) in [5.41, 5.74) is 5.97. The summed E-state index contributed by atoms with van der Waals surface area (Å²) >= 11 is 6.35. The number of amides is 1. The highest BCUT2D eigenvalue weighted by Crippen LogP contribution is 2.08. The largest absolute Gasteiger partial charge is 0.366 e. The first-order valence-corrected chi connectivity index (χ1v) is 6.52. The Bertz CT molecular complexity index is 625. The van der Waals surface area contributed by atoms with Crippen molar-refractivity contribution in [3.8, 4) is 6.07 Å². The molecular weight excluding hydrogens is 376 g/mol. The average Bonchev–Trinajstić information content (AvgIpc) is 2.39. The fourth-order valence-corrected chi connectivity index (χ4v) is 1.75. The van der Waals surface area contributed by atoms with Crippen molar-refractivity contribution in [1.29, 1.82) is 5.26 Å². The molecule has 0 atom stereocenters. The van der Waals surface area contributed by atoms with Gasteiger partial charge in [0, 0.05) is 33.7 Å². The van der Waals surface area contributed by atoms with Gasteiger partial charge in [0.1, 0.15) is 6.07 Å². The number of hydrogen-bond acceptors (Lipinski definition) is 4. The first-order chi connectivity index (χ1) is 9.02. The van der Waals surface area contributed by atoms with Crippen LogP contribution < -0.4 is 5.73 Å². The molecule has 2 heterocycles. The molecule has 0 radical (unpaired) electrons. The van der Waals surface area contributed by atoms with Crippen molar-refractivity contribution < 1.29 is 4.79 Å². The topological polar surface area (TPSA) is 92.7 Å². The SMILES string of the molecule is N#Cc1cncc(Br)c1.NC(=O)c1cncc(Br)c1. The molecule has 0 aliphatic heterocycles. The molecule has 0 fully saturated rings. The zero-order valence-electron chi connectivity index (χ0n) is 9.55. The van der Waals surface area contributed by atoms with Gasteiger partial charge in [0.2, 0.25) is 5.91 Å². The average molecular weight is 384 g/mol. The van der Waals surface area contributed by atoms with Crippen LogP contribution in [-0.4, -0.2) is 15.9 Å². The third-order valence-corrected chi connectivity index (χ3v) is 2.69. The van der Waals surface area contributed by atoms with E-state index >= 15 is 0 Å². The number of aromatic nitrogens is 2. The van der Waals surface area contributed by atoms with Crippen LogP contribution in [0.25, 0.3) is 0 Å². The second kappa shape index (κ2) is 7.61. The van der Waals surface area contributed by atoms with Gasteiger partial charge >= 0.3 is 0 Å². The number of nitrogens with two attached hydrogens (primary N) is 1. The van der Waals surface area contributed by atoms with E-state index in [2.05, 4.69) is 41.8 Å². The molecule has 1 amide bonds. The fraction of sp³-hybridized carbons (Fsp3) is 0. The molecule has 0 saturated heterocycles. The number of pyridine rings is 2. The van der Waals surface area contributed by atoms with E-state index in [9.17, 15) is 4.79 Å². The van der Waals surface area contributed by atoms with Crippen molar-refractivity contribution in [2.75, 3.05) is 0 Å². The number of carbonyl (C=O) groups is 1. The van der Waals surface area contributed by atoms with Gasteiger partial charge in [-0.1, -0.05) is 0 Å². The summed E-state index contributed by atoms with van der Waals surface area (Å²) in [6.45, 7) is 0. The number of nitriles is 1. The first-order valence-electron chi connectivity index (χ1n) is 4.94. The summed E-state index contributed by atoms with van der Waals surface area (Å²) < 4.78 is 1.59. The maximum atomic E-state index is 10.5. The van der Waals surface area contributed by atoms with Gasteiger partial charge in [-0.2, -0.15) is 5.26 Å². The number of hydrogen-bond donors (Lipinski definition) is 1. The summed E-state index contributed by atoms with van der Waals surface area (Å²) in [5, 5.41) is 8.35.